The zero-order valence-corrected chi connectivity index (χ0v) is 14.9. The van der Waals surface area contributed by atoms with Crippen LogP contribution in [0.25, 0.3) is 0 Å². The number of rotatable bonds is 6. The number of hydrogen-bond acceptors (Lipinski definition) is 5. The Bertz CT molecular complexity index is 697. The molecular weight excluding hydrogens is 302 g/mol. The van der Waals surface area contributed by atoms with Crippen molar-refractivity contribution >= 4 is 23.2 Å². The minimum absolute atomic E-state index is 0.114. The van der Waals surface area contributed by atoms with E-state index >= 15 is 0 Å². The van der Waals surface area contributed by atoms with Gasteiger partial charge in [0.05, 0.1) is 0 Å². The number of carbonyl (C=O) groups is 1. The zero-order chi connectivity index (χ0) is 17.7. The lowest BCUT2D eigenvalue weighted by atomic mass is 10.2. The van der Waals surface area contributed by atoms with Crippen molar-refractivity contribution in [2.75, 3.05) is 24.3 Å². The molecule has 0 fully saturated rings. The van der Waals surface area contributed by atoms with Crippen LogP contribution in [0, 0.1) is 6.92 Å². The van der Waals surface area contributed by atoms with Crippen LogP contribution in [0.2, 0.25) is 0 Å². The quantitative estimate of drug-likeness (QED) is 0.853. The van der Waals surface area contributed by atoms with E-state index in [0.29, 0.717) is 11.6 Å². The summed E-state index contributed by atoms with van der Waals surface area (Å²) in [5, 5.41) is 6.07. The molecule has 24 heavy (non-hydrogen) atoms. The van der Waals surface area contributed by atoms with E-state index in [-0.39, 0.29) is 11.9 Å². The van der Waals surface area contributed by atoms with E-state index in [9.17, 15) is 4.79 Å². The van der Waals surface area contributed by atoms with E-state index in [1.54, 1.807) is 6.07 Å². The summed E-state index contributed by atoms with van der Waals surface area (Å²) in [5.41, 5.74) is 3.10. The summed E-state index contributed by atoms with van der Waals surface area (Å²) in [6.45, 7) is 5.85. The van der Waals surface area contributed by atoms with Gasteiger partial charge in [-0.2, -0.15) is 0 Å². The third kappa shape index (κ3) is 4.68. The normalized spacial score (nSPS) is 11.7. The van der Waals surface area contributed by atoms with Crippen molar-refractivity contribution in [3.8, 4) is 0 Å². The Balaban J connectivity index is 2.17. The molecule has 0 saturated carbocycles. The molecule has 0 aliphatic rings. The summed E-state index contributed by atoms with van der Waals surface area (Å²) < 4.78 is 0. The fraction of sp³-hybridized carbons (Fsp3) is 0.389. The number of anilines is 3. The predicted molar refractivity (Wildman–Crippen MR) is 98.0 cm³/mol. The summed E-state index contributed by atoms with van der Waals surface area (Å²) >= 11 is 0. The van der Waals surface area contributed by atoms with Crippen molar-refractivity contribution < 1.29 is 4.79 Å². The highest BCUT2D eigenvalue weighted by Gasteiger charge is 2.12. The highest BCUT2D eigenvalue weighted by atomic mass is 16.1. The minimum Gasteiger partial charge on any atom is -0.378 e. The molecule has 2 aromatic rings. The van der Waals surface area contributed by atoms with Gasteiger partial charge in [-0.25, -0.2) is 9.97 Å². The van der Waals surface area contributed by atoms with Gasteiger partial charge >= 0.3 is 0 Å². The fourth-order valence-corrected chi connectivity index (χ4v) is 2.11. The predicted octanol–water partition coefficient (Wildman–Crippen LogP) is 3.12. The third-order valence-corrected chi connectivity index (χ3v) is 3.72. The van der Waals surface area contributed by atoms with Gasteiger partial charge < -0.3 is 15.5 Å². The van der Waals surface area contributed by atoms with Crippen molar-refractivity contribution in [1.82, 2.24) is 15.3 Å². The van der Waals surface area contributed by atoms with E-state index in [1.807, 2.05) is 64.0 Å². The molecule has 2 rings (SSSR count). The topological polar surface area (TPSA) is 70.2 Å². The highest BCUT2D eigenvalue weighted by molar-refractivity contribution is 5.92. The Morgan fingerprint density at radius 3 is 2.46 bits per heavy atom. The first-order valence-electron chi connectivity index (χ1n) is 8.10. The largest absolute Gasteiger partial charge is 0.378 e. The summed E-state index contributed by atoms with van der Waals surface area (Å²) in [6.07, 6.45) is 0.874. The number of aromatic nitrogens is 2. The lowest BCUT2D eigenvalue weighted by molar-refractivity contribution is 0.0934. The maximum absolute atomic E-state index is 12.3. The molecule has 128 valence electrons. The van der Waals surface area contributed by atoms with Crippen LogP contribution in [-0.2, 0) is 0 Å². The molecule has 0 spiro atoms. The second-order valence-electron chi connectivity index (χ2n) is 6.07. The number of amides is 1. The molecule has 0 aliphatic heterocycles. The molecule has 6 nitrogen and oxygen atoms in total. The molecule has 6 heteroatoms. The number of nitrogens with zero attached hydrogens (tertiary/aromatic N) is 3. The van der Waals surface area contributed by atoms with Crippen LogP contribution in [-0.4, -0.2) is 36.0 Å². The van der Waals surface area contributed by atoms with Crippen LogP contribution in [0.3, 0.4) is 0 Å². The summed E-state index contributed by atoms with van der Waals surface area (Å²) in [4.78, 5) is 23.0. The van der Waals surface area contributed by atoms with E-state index in [0.717, 1.165) is 23.5 Å². The molecule has 0 radical (unpaired) electrons. The molecule has 1 atom stereocenters. The Hall–Kier alpha value is -2.63. The monoisotopic (exact) mass is 327 g/mol. The number of carbonyl (C=O) groups excluding carboxylic acids is 1. The molecule has 1 unspecified atom stereocenters. The highest BCUT2D eigenvalue weighted by Crippen LogP contribution is 2.18. The molecule has 2 N–H and O–H groups in total. The molecule has 1 amide bonds. The van der Waals surface area contributed by atoms with Crippen molar-refractivity contribution in [1.29, 1.82) is 0 Å². The zero-order valence-electron chi connectivity index (χ0n) is 14.9. The summed E-state index contributed by atoms with van der Waals surface area (Å²) in [7, 11) is 3.99. The number of nitrogens with one attached hydrogen (secondary N) is 2. The molecule has 1 aromatic heterocycles. The average Bonchev–Trinajstić information content (AvgIpc) is 2.54. The molecule has 0 aliphatic carbocycles. The van der Waals surface area contributed by atoms with Gasteiger partial charge in [-0.1, -0.05) is 6.92 Å². The van der Waals surface area contributed by atoms with Gasteiger partial charge in [0.25, 0.3) is 5.91 Å². The first-order chi connectivity index (χ1) is 11.4. The second-order valence-corrected chi connectivity index (χ2v) is 6.07. The van der Waals surface area contributed by atoms with Crippen molar-refractivity contribution in [2.45, 2.75) is 33.2 Å². The molecule has 0 saturated heterocycles. The van der Waals surface area contributed by atoms with Gasteiger partial charge in [0, 0.05) is 37.2 Å². The first-order valence-corrected chi connectivity index (χ1v) is 8.10. The maximum atomic E-state index is 12.3. The lowest BCUT2D eigenvalue weighted by Crippen LogP contribution is -2.32. The van der Waals surface area contributed by atoms with E-state index < -0.39 is 0 Å². The second kappa shape index (κ2) is 7.77. The van der Waals surface area contributed by atoms with E-state index in [2.05, 4.69) is 20.6 Å². The molecule has 0 bridgehead atoms. The molecule has 1 heterocycles. The van der Waals surface area contributed by atoms with Crippen LogP contribution in [0.4, 0.5) is 17.3 Å². The minimum atomic E-state index is -0.180. The Kier molecular flexibility index (Phi) is 5.73. The van der Waals surface area contributed by atoms with Crippen LogP contribution in [0.1, 0.15) is 36.5 Å². The lowest BCUT2D eigenvalue weighted by Gasteiger charge is -2.14. The smallest absolute Gasteiger partial charge is 0.270 e. The Morgan fingerprint density at radius 1 is 1.21 bits per heavy atom. The number of benzene rings is 1. The van der Waals surface area contributed by atoms with E-state index in [1.165, 1.54) is 0 Å². The standard InChI is InChI=1S/C18H25N5O/c1-6-12(2)19-17(24)16-11-13(3)20-18(22-16)21-14-7-9-15(10-8-14)23(4)5/h7-12H,6H2,1-5H3,(H,19,24)(H,20,21,22). The fourth-order valence-electron chi connectivity index (χ4n) is 2.11. The maximum Gasteiger partial charge on any atom is 0.270 e. The van der Waals surface area contributed by atoms with Crippen molar-refractivity contribution in [3.05, 3.63) is 41.7 Å². The molecular formula is C18H25N5O. The van der Waals surface area contributed by atoms with Gasteiger partial charge in [0.2, 0.25) is 5.95 Å². The van der Waals surface area contributed by atoms with Gasteiger partial charge in [0.15, 0.2) is 0 Å². The van der Waals surface area contributed by atoms with Crippen LogP contribution in [0.5, 0.6) is 0 Å². The Labute approximate surface area is 143 Å². The first kappa shape index (κ1) is 17.7. The van der Waals surface area contributed by atoms with Crippen LogP contribution >= 0.6 is 0 Å². The number of hydrogen-bond donors (Lipinski definition) is 2. The summed E-state index contributed by atoms with van der Waals surface area (Å²) in [5.74, 6) is 0.239. The van der Waals surface area contributed by atoms with E-state index in [4.69, 9.17) is 0 Å². The third-order valence-electron chi connectivity index (χ3n) is 3.72. The van der Waals surface area contributed by atoms with Gasteiger partial charge in [0.1, 0.15) is 5.69 Å². The average molecular weight is 327 g/mol. The van der Waals surface area contributed by atoms with Crippen molar-refractivity contribution in [2.24, 2.45) is 0 Å². The van der Waals surface area contributed by atoms with Crippen molar-refractivity contribution in [3.63, 3.8) is 0 Å². The van der Waals surface area contributed by atoms with Crippen LogP contribution in [0.15, 0.2) is 30.3 Å². The van der Waals surface area contributed by atoms with Gasteiger partial charge in [-0.3, -0.25) is 4.79 Å². The summed E-state index contributed by atoms with van der Waals surface area (Å²) in [6, 6.07) is 9.74. The van der Waals surface area contributed by atoms with Crippen LogP contribution < -0.4 is 15.5 Å². The van der Waals surface area contributed by atoms with Gasteiger partial charge in [-0.15, -0.1) is 0 Å². The SMILES string of the molecule is CCC(C)NC(=O)c1cc(C)nc(Nc2ccc(N(C)C)cc2)n1. The number of aryl methyl sites for hydroxylation is 1. The molecule has 1 aromatic carbocycles. The van der Waals surface area contributed by atoms with Gasteiger partial charge in [-0.05, 0) is 50.6 Å². The Morgan fingerprint density at radius 2 is 1.88 bits per heavy atom.